The molecule has 0 atom stereocenters. The molecular weight excluding hydrogens is 231 g/mol. The van der Waals surface area contributed by atoms with Gasteiger partial charge in [0, 0.05) is 10.9 Å². The van der Waals surface area contributed by atoms with Crippen molar-refractivity contribution in [3.05, 3.63) is 35.3 Å². The van der Waals surface area contributed by atoms with E-state index in [-0.39, 0.29) is 16.5 Å². The molecule has 0 aliphatic rings. The van der Waals surface area contributed by atoms with Gasteiger partial charge in [-0.05, 0) is 18.2 Å². The Labute approximate surface area is 94.1 Å². The summed E-state index contributed by atoms with van der Waals surface area (Å²) in [6.07, 6.45) is -0.530. The van der Waals surface area contributed by atoms with Gasteiger partial charge in [-0.3, -0.25) is 4.79 Å². The summed E-state index contributed by atoms with van der Waals surface area (Å²) in [6.45, 7) is 0. The third kappa shape index (κ3) is 1.96. The average Bonchev–Trinajstić information content (AvgIpc) is 2.56. The normalized spacial score (nSPS) is 10.6. The highest BCUT2D eigenvalue weighted by molar-refractivity contribution is 5.97. The Morgan fingerprint density at radius 1 is 1.29 bits per heavy atom. The molecule has 0 fully saturated rings. The van der Waals surface area contributed by atoms with Crippen LogP contribution in [0.4, 0.5) is 4.39 Å². The van der Waals surface area contributed by atoms with E-state index in [1.54, 1.807) is 0 Å². The van der Waals surface area contributed by atoms with Gasteiger partial charge in [0.15, 0.2) is 0 Å². The molecule has 0 aliphatic heterocycles. The van der Waals surface area contributed by atoms with Gasteiger partial charge in [-0.15, -0.1) is 0 Å². The molecule has 0 unspecified atom stereocenters. The summed E-state index contributed by atoms with van der Waals surface area (Å²) < 4.78 is 18.0. The number of furan rings is 1. The fourth-order valence-corrected chi connectivity index (χ4v) is 1.62. The number of benzene rings is 1. The minimum atomic E-state index is -1.38. The molecular formula is C11H7FO5. The predicted molar refractivity (Wildman–Crippen MR) is 54.5 cm³/mol. The number of hydrogen-bond acceptors (Lipinski definition) is 3. The first-order valence-corrected chi connectivity index (χ1v) is 4.65. The summed E-state index contributed by atoms with van der Waals surface area (Å²) in [5, 5.41) is 17.7. The number of rotatable bonds is 3. The van der Waals surface area contributed by atoms with Crippen molar-refractivity contribution in [1.29, 1.82) is 0 Å². The van der Waals surface area contributed by atoms with E-state index in [1.165, 1.54) is 6.07 Å². The Morgan fingerprint density at radius 2 is 2.00 bits per heavy atom. The van der Waals surface area contributed by atoms with Crippen molar-refractivity contribution < 1.29 is 28.6 Å². The molecule has 2 aromatic rings. The first-order chi connectivity index (χ1) is 7.99. The minimum absolute atomic E-state index is 0.0282. The maximum absolute atomic E-state index is 13.0. The van der Waals surface area contributed by atoms with E-state index >= 15 is 0 Å². The van der Waals surface area contributed by atoms with Crippen LogP contribution in [0.3, 0.4) is 0 Å². The van der Waals surface area contributed by atoms with Gasteiger partial charge in [0.2, 0.25) is 5.76 Å². The van der Waals surface area contributed by atoms with E-state index in [9.17, 15) is 14.0 Å². The number of carboxylic acid groups (broad SMARTS) is 2. The Bertz CT molecular complexity index is 614. The van der Waals surface area contributed by atoms with Crippen LogP contribution in [0.15, 0.2) is 22.6 Å². The van der Waals surface area contributed by atoms with Gasteiger partial charge in [-0.2, -0.15) is 0 Å². The largest absolute Gasteiger partial charge is 0.481 e. The van der Waals surface area contributed by atoms with Crippen LogP contribution in [0.25, 0.3) is 11.0 Å². The third-order valence-electron chi connectivity index (χ3n) is 2.28. The Hall–Kier alpha value is -2.37. The highest BCUT2D eigenvalue weighted by Crippen LogP contribution is 2.27. The number of hydrogen-bond donors (Lipinski definition) is 2. The lowest BCUT2D eigenvalue weighted by molar-refractivity contribution is -0.136. The molecule has 6 heteroatoms. The van der Waals surface area contributed by atoms with Crippen molar-refractivity contribution in [2.45, 2.75) is 6.42 Å². The second kappa shape index (κ2) is 3.89. The molecule has 1 aromatic heterocycles. The lowest BCUT2D eigenvalue weighted by Gasteiger charge is -1.95. The van der Waals surface area contributed by atoms with E-state index in [0.717, 1.165) is 12.1 Å². The first-order valence-electron chi connectivity index (χ1n) is 4.65. The summed E-state index contributed by atoms with van der Waals surface area (Å²) in [6, 6.07) is 3.44. The molecule has 2 rings (SSSR count). The maximum atomic E-state index is 13.0. The molecule has 0 saturated carbocycles. The van der Waals surface area contributed by atoms with Crippen LogP contribution >= 0.6 is 0 Å². The molecule has 1 aromatic carbocycles. The second-order valence-electron chi connectivity index (χ2n) is 3.43. The monoisotopic (exact) mass is 238 g/mol. The zero-order chi connectivity index (χ0) is 12.6. The molecule has 0 radical (unpaired) electrons. The fourth-order valence-electron chi connectivity index (χ4n) is 1.62. The van der Waals surface area contributed by atoms with Crippen LogP contribution in [-0.4, -0.2) is 22.2 Å². The topological polar surface area (TPSA) is 87.7 Å². The average molecular weight is 238 g/mol. The predicted octanol–water partition coefficient (Wildman–Crippen LogP) is 1.90. The number of aliphatic carboxylic acids is 1. The first kappa shape index (κ1) is 11.1. The van der Waals surface area contributed by atoms with E-state index in [4.69, 9.17) is 14.6 Å². The van der Waals surface area contributed by atoms with Gasteiger partial charge in [0.25, 0.3) is 0 Å². The maximum Gasteiger partial charge on any atom is 0.372 e. The summed E-state index contributed by atoms with van der Waals surface area (Å²) in [5.74, 6) is -3.63. The highest BCUT2D eigenvalue weighted by Gasteiger charge is 2.22. The van der Waals surface area contributed by atoms with Gasteiger partial charge < -0.3 is 14.6 Å². The number of carbonyl (C=O) groups is 2. The lowest BCUT2D eigenvalue weighted by atomic mass is 10.1. The van der Waals surface area contributed by atoms with Gasteiger partial charge >= 0.3 is 11.9 Å². The van der Waals surface area contributed by atoms with Crippen LogP contribution in [0.5, 0.6) is 0 Å². The SMILES string of the molecule is O=C(O)Cc1c(C(=O)O)oc2ccc(F)cc12. The van der Waals surface area contributed by atoms with Crippen LogP contribution < -0.4 is 0 Å². The molecule has 0 bridgehead atoms. The molecule has 0 saturated heterocycles. The molecule has 17 heavy (non-hydrogen) atoms. The van der Waals surface area contributed by atoms with E-state index in [1.807, 2.05) is 0 Å². The van der Waals surface area contributed by atoms with Crippen molar-refractivity contribution in [1.82, 2.24) is 0 Å². The van der Waals surface area contributed by atoms with Crippen molar-refractivity contribution in [2.75, 3.05) is 0 Å². The lowest BCUT2D eigenvalue weighted by Crippen LogP contribution is -2.05. The molecule has 1 heterocycles. The van der Waals surface area contributed by atoms with E-state index < -0.39 is 29.9 Å². The highest BCUT2D eigenvalue weighted by atomic mass is 19.1. The molecule has 88 valence electrons. The van der Waals surface area contributed by atoms with Crippen LogP contribution in [0.1, 0.15) is 16.1 Å². The number of halogens is 1. The van der Waals surface area contributed by atoms with Crippen LogP contribution in [-0.2, 0) is 11.2 Å². The minimum Gasteiger partial charge on any atom is -0.481 e. The van der Waals surface area contributed by atoms with Gasteiger partial charge in [0.05, 0.1) is 6.42 Å². The molecule has 0 amide bonds. The van der Waals surface area contributed by atoms with Crippen LogP contribution in [0.2, 0.25) is 0 Å². The molecule has 0 aliphatic carbocycles. The van der Waals surface area contributed by atoms with Crippen molar-refractivity contribution >= 4 is 22.9 Å². The van der Waals surface area contributed by atoms with E-state index in [0.29, 0.717) is 0 Å². The standard InChI is InChI=1S/C11H7FO5/c12-5-1-2-8-6(3-5)7(4-9(13)14)10(17-8)11(15)16/h1-3H,4H2,(H,13,14)(H,15,16). The van der Waals surface area contributed by atoms with Gasteiger partial charge in [-0.1, -0.05) is 0 Å². The smallest absolute Gasteiger partial charge is 0.372 e. The summed E-state index contributed by atoms with van der Waals surface area (Å²) in [5.41, 5.74) is 0.125. The number of carboxylic acids is 2. The van der Waals surface area contributed by atoms with Crippen LogP contribution in [0, 0.1) is 5.82 Å². The molecule has 0 spiro atoms. The summed E-state index contributed by atoms with van der Waals surface area (Å²) >= 11 is 0. The Kier molecular flexibility index (Phi) is 2.55. The molecule has 5 nitrogen and oxygen atoms in total. The van der Waals surface area contributed by atoms with Gasteiger partial charge in [-0.25, -0.2) is 9.18 Å². The summed E-state index contributed by atoms with van der Waals surface area (Å²) in [7, 11) is 0. The fraction of sp³-hybridized carbons (Fsp3) is 0.0909. The number of aromatic carboxylic acids is 1. The van der Waals surface area contributed by atoms with Crippen molar-refractivity contribution in [3.8, 4) is 0 Å². The number of fused-ring (bicyclic) bond motifs is 1. The Balaban J connectivity index is 2.72. The zero-order valence-electron chi connectivity index (χ0n) is 8.44. The Morgan fingerprint density at radius 3 is 2.59 bits per heavy atom. The third-order valence-corrected chi connectivity index (χ3v) is 2.28. The molecule has 2 N–H and O–H groups in total. The summed E-state index contributed by atoms with van der Waals surface area (Å²) in [4.78, 5) is 21.5. The van der Waals surface area contributed by atoms with E-state index in [2.05, 4.69) is 0 Å². The van der Waals surface area contributed by atoms with Crippen molar-refractivity contribution in [2.24, 2.45) is 0 Å². The quantitative estimate of drug-likeness (QED) is 0.852. The second-order valence-corrected chi connectivity index (χ2v) is 3.43. The van der Waals surface area contributed by atoms with Gasteiger partial charge in [0.1, 0.15) is 11.4 Å². The zero-order valence-corrected chi connectivity index (χ0v) is 8.44. The van der Waals surface area contributed by atoms with Crippen molar-refractivity contribution in [3.63, 3.8) is 0 Å².